The number of halogens is 2. The topological polar surface area (TPSA) is 57.8 Å². The van der Waals surface area contributed by atoms with Gasteiger partial charge in [0, 0.05) is 11.6 Å². The van der Waals surface area contributed by atoms with E-state index in [1.165, 1.54) is 17.5 Å². The number of hydrogen-bond donors (Lipinski definition) is 2. The normalized spacial score (nSPS) is 10.6. The first-order chi connectivity index (χ1) is 10.6. The lowest BCUT2D eigenvalue weighted by molar-refractivity contribution is 0.0951. The molecule has 0 aliphatic rings. The second kappa shape index (κ2) is 6.52. The van der Waals surface area contributed by atoms with Gasteiger partial charge in [0.05, 0.1) is 26.7 Å². The van der Waals surface area contributed by atoms with E-state index in [4.69, 9.17) is 23.2 Å². The zero-order valence-corrected chi connectivity index (χ0v) is 13.6. The van der Waals surface area contributed by atoms with Crippen LogP contribution >= 0.6 is 34.5 Å². The van der Waals surface area contributed by atoms with E-state index >= 15 is 0 Å². The highest BCUT2D eigenvalue weighted by molar-refractivity contribution is 7.19. The lowest BCUT2D eigenvalue weighted by atomic mass is 10.2. The molecule has 3 rings (SSSR count). The molecule has 1 aromatic carbocycles. The van der Waals surface area contributed by atoms with Crippen molar-refractivity contribution in [1.29, 1.82) is 0 Å². The van der Waals surface area contributed by atoms with Crippen LogP contribution in [-0.4, -0.2) is 16.1 Å². The van der Waals surface area contributed by atoms with Crippen molar-refractivity contribution in [2.75, 3.05) is 0 Å². The van der Waals surface area contributed by atoms with Gasteiger partial charge in [0.2, 0.25) is 0 Å². The maximum atomic E-state index is 12.3. The summed E-state index contributed by atoms with van der Waals surface area (Å²) in [7, 11) is 0. The van der Waals surface area contributed by atoms with Crippen molar-refractivity contribution in [3.63, 3.8) is 0 Å². The first-order valence-corrected chi connectivity index (χ1v) is 8.02. The summed E-state index contributed by atoms with van der Waals surface area (Å²) in [5, 5.41) is 10.3. The van der Waals surface area contributed by atoms with Gasteiger partial charge >= 0.3 is 0 Å². The van der Waals surface area contributed by atoms with Gasteiger partial charge in [-0.2, -0.15) is 5.10 Å². The third kappa shape index (κ3) is 3.32. The monoisotopic (exact) mass is 351 g/mol. The molecule has 0 radical (unpaired) electrons. The molecule has 0 bridgehead atoms. The number of aromatic nitrogens is 2. The molecule has 2 N–H and O–H groups in total. The zero-order valence-electron chi connectivity index (χ0n) is 11.3. The maximum Gasteiger partial charge on any atom is 0.255 e. The summed E-state index contributed by atoms with van der Waals surface area (Å²) in [5.41, 5.74) is 2.14. The van der Waals surface area contributed by atoms with Gasteiger partial charge in [0.1, 0.15) is 0 Å². The number of carbonyl (C=O) groups excluding carboxylic acids is 1. The predicted molar refractivity (Wildman–Crippen MR) is 89.5 cm³/mol. The molecule has 2 aromatic heterocycles. The fraction of sp³-hybridized carbons (Fsp3) is 0.0667. The highest BCUT2D eigenvalue weighted by Crippen LogP contribution is 2.31. The summed E-state index contributed by atoms with van der Waals surface area (Å²) in [6.45, 7) is 0.422. The van der Waals surface area contributed by atoms with Gasteiger partial charge in [0.25, 0.3) is 5.91 Å². The summed E-state index contributed by atoms with van der Waals surface area (Å²) >= 11 is 13.2. The van der Waals surface area contributed by atoms with Crippen molar-refractivity contribution in [1.82, 2.24) is 15.5 Å². The summed E-state index contributed by atoms with van der Waals surface area (Å²) < 4.78 is 0.664. The van der Waals surface area contributed by atoms with Gasteiger partial charge in [0.15, 0.2) is 0 Å². The lowest BCUT2D eigenvalue weighted by Gasteiger charge is -2.05. The molecule has 4 nitrogen and oxygen atoms in total. The average molecular weight is 352 g/mol. The van der Waals surface area contributed by atoms with Gasteiger partial charge < -0.3 is 5.32 Å². The minimum Gasteiger partial charge on any atom is -0.348 e. The van der Waals surface area contributed by atoms with Crippen LogP contribution in [0.25, 0.3) is 10.6 Å². The van der Waals surface area contributed by atoms with Crippen molar-refractivity contribution >= 4 is 40.4 Å². The fourth-order valence-corrected chi connectivity index (χ4v) is 3.15. The predicted octanol–water partition coefficient (Wildman–Crippen LogP) is 4.38. The molecule has 0 unspecified atom stereocenters. The fourth-order valence-electron chi connectivity index (χ4n) is 1.97. The van der Waals surface area contributed by atoms with Crippen LogP contribution in [0.1, 0.15) is 15.9 Å². The van der Waals surface area contributed by atoms with Gasteiger partial charge in [-0.25, -0.2) is 0 Å². The van der Waals surface area contributed by atoms with Crippen LogP contribution in [-0.2, 0) is 6.54 Å². The van der Waals surface area contributed by atoms with Gasteiger partial charge in [-0.1, -0.05) is 35.3 Å². The van der Waals surface area contributed by atoms with E-state index in [0.717, 1.165) is 10.4 Å². The first kappa shape index (κ1) is 15.1. The summed E-state index contributed by atoms with van der Waals surface area (Å²) in [4.78, 5) is 13.2. The molecule has 0 atom stereocenters. The Morgan fingerprint density at radius 2 is 1.95 bits per heavy atom. The Hall–Kier alpha value is -1.82. The second-order valence-corrected chi connectivity index (χ2v) is 6.72. The smallest absolute Gasteiger partial charge is 0.255 e. The number of hydrogen-bond acceptors (Lipinski definition) is 3. The number of nitrogens with zero attached hydrogens (tertiary/aromatic N) is 1. The molecule has 0 aliphatic heterocycles. The number of carbonyl (C=O) groups is 1. The molecule has 112 valence electrons. The minimum absolute atomic E-state index is 0.191. The van der Waals surface area contributed by atoms with Crippen LogP contribution in [0.2, 0.25) is 9.36 Å². The number of amides is 1. The third-order valence-corrected chi connectivity index (χ3v) is 4.57. The molecule has 0 fully saturated rings. The van der Waals surface area contributed by atoms with Crippen LogP contribution in [0, 0.1) is 0 Å². The Balaban J connectivity index is 1.73. The van der Waals surface area contributed by atoms with Crippen molar-refractivity contribution in [3.8, 4) is 10.6 Å². The van der Waals surface area contributed by atoms with Crippen LogP contribution in [0.5, 0.6) is 0 Å². The molecule has 0 saturated heterocycles. The zero-order chi connectivity index (χ0) is 15.5. The van der Waals surface area contributed by atoms with Crippen LogP contribution in [0.4, 0.5) is 0 Å². The molecule has 22 heavy (non-hydrogen) atoms. The van der Waals surface area contributed by atoms with Crippen molar-refractivity contribution in [3.05, 3.63) is 63.1 Å². The Morgan fingerprint density at radius 1 is 1.18 bits per heavy atom. The molecular formula is C15H11Cl2N3OS. The molecule has 1 amide bonds. The van der Waals surface area contributed by atoms with Crippen LogP contribution in [0.15, 0.2) is 42.6 Å². The van der Waals surface area contributed by atoms with E-state index < -0.39 is 0 Å². The minimum atomic E-state index is -0.191. The Bertz CT molecular complexity index is 795. The number of benzene rings is 1. The second-order valence-electron chi connectivity index (χ2n) is 4.57. The molecule has 0 saturated carbocycles. The number of thiophene rings is 1. The molecular weight excluding hydrogens is 341 g/mol. The summed E-state index contributed by atoms with van der Waals surface area (Å²) in [6.07, 6.45) is 1.51. The van der Waals surface area contributed by atoms with E-state index in [2.05, 4.69) is 15.5 Å². The van der Waals surface area contributed by atoms with Crippen molar-refractivity contribution < 1.29 is 4.79 Å². The molecule has 2 heterocycles. The third-order valence-electron chi connectivity index (χ3n) is 3.07. The van der Waals surface area contributed by atoms with Gasteiger partial charge in [-0.15, -0.1) is 11.3 Å². The Morgan fingerprint density at radius 3 is 2.64 bits per heavy atom. The SMILES string of the molecule is O=C(NCc1ccc(Cl)cc1)c1cn[nH]c1-c1ccc(Cl)s1. The van der Waals surface area contributed by atoms with E-state index in [0.29, 0.717) is 27.2 Å². The number of aromatic amines is 1. The standard InChI is InChI=1S/C15H11Cl2N3OS/c16-10-3-1-9(2-4-10)7-18-15(21)11-8-19-20-14(11)12-5-6-13(17)22-12/h1-6,8H,7H2,(H,18,21)(H,19,20). The first-order valence-electron chi connectivity index (χ1n) is 6.45. The highest BCUT2D eigenvalue weighted by Gasteiger charge is 2.16. The quantitative estimate of drug-likeness (QED) is 0.732. The van der Waals surface area contributed by atoms with Crippen LogP contribution < -0.4 is 5.32 Å². The number of rotatable bonds is 4. The van der Waals surface area contributed by atoms with Crippen molar-refractivity contribution in [2.24, 2.45) is 0 Å². The number of nitrogens with one attached hydrogen (secondary N) is 2. The van der Waals surface area contributed by atoms with E-state index in [-0.39, 0.29) is 5.91 Å². The van der Waals surface area contributed by atoms with E-state index in [9.17, 15) is 4.79 Å². The average Bonchev–Trinajstić information content (AvgIpc) is 3.14. The highest BCUT2D eigenvalue weighted by atomic mass is 35.5. The number of H-pyrrole nitrogens is 1. The van der Waals surface area contributed by atoms with E-state index in [1.54, 1.807) is 18.2 Å². The molecule has 0 spiro atoms. The molecule has 7 heteroatoms. The van der Waals surface area contributed by atoms with Crippen LogP contribution in [0.3, 0.4) is 0 Å². The lowest BCUT2D eigenvalue weighted by Crippen LogP contribution is -2.22. The molecule has 3 aromatic rings. The summed E-state index contributed by atoms with van der Waals surface area (Å²) in [5.74, 6) is -0.191. The van der Waals surface area contributed by atoms with Crippen molar-refractivity contribution in [2.45, 2.75) is 6.54 Å². The Labute approximate surface area is 141 Å². The summed E-state index contributed by atoms with van der Waals surface area (Å²) in [6, 6.07) is 11.0. The maximum absolute atomic E-state index is 12.3. The van der Waals surface area contributed by atoms with Gasteiger partial charge in [-0.3, -0.25) is 9.89 Å². The largest absolute Gasteiger partial charge is 0.348 e. The molecule has 0 aliphatic carbocycles. The Kier molecular flexibility index (Phi) is 4.47. The van der Waals surface area contributed by atoms with E-state index in [1.807, 2.05) is 18.2 Å². The van der Waals surface area contributed by atoms with Gasteiger partial charge in [-0.05, 0) is 29.8 Å².